The molecule has 21 heavy (non-hydrogen) atoms. The van der Waals surface area contributed by atoms with E-state index in [0.717, 1.165) is 4.47 Å². The predicted molar refractivity (Wildman–Crippen MR) is 80.4 cm³/mol. The molecule has 104 valence electrons. The summed E-state index contributed by atoms with van der Waals surface area (Å²) in [5, 5.41) is 11.4. The van der Waals surface area contributed by atoms with Crippen molar-refractivity contribution in [1.82, 2.24) is 9.97 Å². The van der Waals surface area contributed by atoms with Gasteiger partial charge in [-0.25, -0.2) is 9.97 Å². The van der Waals surface area contributed by atoms with E-state index in [2.05, 4.69) is 25.9 Å². The van der Waals surface area contributed by atoms with E-state index in [4.69, 9.17) is 4.74 Å². The van der Waals surface area contributed by atoms with Crippen LogP contribution in [0.4, 0.5) is 5.69 Å². The van der Waals surface area contributed by atoms with Crippen LogP contribution in [0.2, 0.25) is 0 Å². The molecule has 7 heteroatoms. The lowest BCUT2D eigenvalue weighted by atomic mass is 10.2. The van der Waals surface area contributed by atoms with Crippen LogP contribution in [0.3, 0.4) is 0 Å². The first-order chi connectivity index (χ1) is 10.1. The van der Waals surface area contributed by atoms with Crippen LogP contribution in [0.5, 0.6) is 11.6 Å². The van der Waals surface area contributed by atoms with Gasteiger partial charge >= 0.3 is 0 Å². The number of ether oxygens (including phenoxy) is 1. The number of halogens is 1. The number of rotatable bonds is 3. The number of non-ortho nitro benzene ring substituents is 1. The minimum Gasteiger partial charge on any atom is -0.438 e. The van der Waals surface area contributed by atoms with Crippen LogP contribution in [0, 0.1) is 10.1 Å². The average molecular weight is 346 g/mol. The molecule has 0 aliphatic rings. The molecule has 0 saturated heterocycles. The molecule has 0 bridgehead atoms. The van der Waals surface area contributed by atoms with Crippen LogP contribution in [-0.4, -0.2) is 14.9 Å². The lowest BCUT2D eigenvalue weighted by molar-refractivity contribution is -0.384. The zero-order valence-electron chi connectivity index (χ0n) is 10.6. The summed E-state index contributed by atoms with van der Waals surface area (Å²) in [6.07, 6.45) is 1.36. The molecule has 1 aromatic heterocycles. The van der Waals surface area contributed by atoms with Crippen molar-refractivity contribution in [3.63, 3.8) is 0 Å². The monoisotopic (exact) mass is 345 g/mol. The van der Waals surface area contributed by atoms with Crippen LogP contribution < -0.4 is 4.74 Å². The highest BCUT2D eigenvalue weighted by atomic mass is 79.9. The van der Waals surface area contributed by atoms with Crippen molar-refractivity contribution in [2.45, 2.75) is 0 Å². The molecule has 1 heterocycles. The summed E-state index contributed by atoms with van der Waals surface area (Å²) in [6, 6.07) is 11.6. The van der Waals surface area contributed by atoms with Gasteiger partial charge in [-0.15, -0.1) is 0 Å². The Hall–Kier alpha value is -2.54. The molecule has 0 spiro atoms. The van der Waals surface area contributed by atoms with Gasteiger partial charge in [0.1, 0.15) is 12.1 Å². The fraction of sp³-hybridized carbons (Fsp3) is 0. The highest BCUT2D eigenvalue weighted by Crippen LogP contribution is 2.29. The number of nitro groups is 1. The molecule has 0 unspecified atom stereocenters. The third kappa shape index (κ3) is 2.82. The highest BCUT2D eigenvalue weighted by molar-refractivity contribution is 9.10. The van der Waals surface area contributed by atoms with Crippen LogP contribution >= 0.6 is 15.9 Å². The third-order valence-electron chi connectivity index (χ3n) is 2.82. The van der Waals surface area contributed by atoms with E-state index in [1.54, 1.807) is 18.2 Å². The van der Waals surface area contributed by atoms with Gasteiger partial charge in [0.05, 0.1) is 15.8 Å². The normalized spacial score (nSPS) is 10.5. The summed E-state index contributed by atoms with van der Waals surface area (Å²) in [6.45, 7) is 0. The molecule has 0 N–H and O–H groups in total. The topological polar surface area (TPSA) is 78.2 Å². The molecular weight excluding hydrogens is 338 g/mol. The van der Waals surface area contributed by atoms with Crippen molar-refractivity contribution < 1.29 is 9.66 Å². The first-order valence-corrected chi connectivity index (χ1v) is 6.75. The minimum atomic E-state index is -0.462. The maximum absolute atomic E-state index is 10.9. The van der Waals surface area contributed by atoms with Crippen LogP contribution in [-0.2, 0) is 0 Å². The summed E-state index contributed by atoms with van der Waals surface area (Å²) in [4.78, 5) is 18.5. The fourth-order valence-electron chi connectivity index (χ4n) is 1.83. The largest absolute Gasteiger partial charge is 0.438 e. The Morgan fingerprint density at radius 3 is 2.57 bits per heavy atom. The van der Waals surface area contributed by atoms with Crippen molar-refractivity contribution in [3.05, 3.63) is 63.4 Å². The molecule has 0 aliphatic carbocycles. The van der Waals surface area contributed by atoms with E-state index in [1.807, 2.05) is 12.1 Å². The van der Waals surface area contributed by atoms with Crippen molar-refractivity contribution in [3.8, 4) is 11.6 Å². The van der Waals surface area contributed by atoms with Gasteiger partial charge in [0.2, 0.25) is 5.88 Å². The highest BCUT2D eigenvalue weighted by Gasteiger charge is 2.12. The Balaban J connectivity index is 2.06. The van der Waals surface area contributed by atoms with Gasteiger partial charge in [0.15, 0.2) is 0 Å². The number of aromatic nitrogens is 2. The van der Waals surface area contributed by atoms with Gasteiger partial charge in [-0.05, 0) is 30.3 Å². The van der Waals surface area contributed by atoms with Gasteiger partial charge in [0.25, 0.3) is 5.69 Å². The number of fused-ring (bicyclic) bond motifs is 1. The minimum absolute atomic E-state index is 0.0297. The Morgan fingerprint density at radius 2 is 1.86 bits per heavy atom. The second kappa shape index (κ2) is 5.45. The number of hydrogen-bond donors (Lipinski definition) is 0. The molecule has 2 aromatic carbocycles. The molecule has 0 fully saturated rings. The average Bonchev–Trinajstić information content (AvgIpc) is 2.49. The maximum Gasteiger partial charge on any atom is 0.270 e. The molecule has 6 nitrogen and oxygen atoms in total. The Bertz CT molecular complexity index is 821. The molecule has 0 aliphatic heterocycles. The van der Waals surface area contributed by atoms with E-state index in [0.29, 0.717) is 16.7 Å². The maximum atomic E-state index is 10.9. The van der Waals surface area contributed by atoms with Crippen molar-refractivity contribution in [1.29, 1.82) is 0 Å². The van der Waals surface area contributed by atoms with E-state index >= 15 is 0 Å². The molecule has 3 aromatic rings. The van der Waals surface area contributed by atoms with E-state index in [9.17, 15) is 10.1 Å². The molecule has 0 saturated carbocycles. The van der Waals surface area contributed by atoms with Gasteiger partial charge < -0.3 is 4.74 Å². The Morgan fingerprint density at radius 1 is 1.10 bits per heavy atom. The van der Waals surface area contributed by atoms with Crippen molar-refractivity contribution in [2.24, 2.45) is 0 Å². The van der Waals surface area contributed by atoms with Crippen LogP contribution in [0.1, 0.15) is 0 Å². The van der Waals surface area contributed by atoms with Gasteiger partial charge in [0, 0.05) is 16.6 Å². The summed E-state index contributed by atoms with van der Waals surface area (Å²) in [7, 11) is 0. The lowest BCUT2D eigenvalue weighted by Gasteiger charge is -2.07. The van der Waals surface area contributed by atoms with E-state index in [-0.39, 0.29) is 11.6 Å². The summed E-state index contributed by atoms with van der Waals surface area (Å²) in [5.41, 5.74) is 0.556. The lowest BCUT2D eigenvalue weighted by Crippen LogP contribution is -1.93. The summed E-state index contributed by atoms with van der Waals surface area (Å²) >= 11 is 3.34. The smallest absolute Gasteiger partial charge is 0.270 e. The van der Waals surface area contributed by atoms with Crippen LogP contribution in [0.25, 0.3) is 10.9 Å². The first kappa shape index (κ1) is 13.4. The molecule has 3 rings (SSSR count). The van der Waals surface area contributed by atoms with Crippen LogP contribution in [0.15, 0.2) is 53.3 Å². The third-order valence-corrected chi connectivity index (χ3v) is 3.35. The number of hydrogen-bond acceptors (Lipinski definition) is 5. The number of benzene rings is 2. The van der Waals surface area contributed by atoms with Gasteiger partial charge in [-0.1, -0.05) is 15.9 Å². The van der Waals surface area contributed by atoms with Gasteiger partial charge in [-0.2, -0.15) is 0 Å². The van der Waals surface area contributed by atoms with Gasteiger partial charge in [-0.3, -0.25) is 10.1 Å². The fourth-order valence-corrected chi connectivity index (χ4v) is 2.09. The second-order valence-corrected chi connectivity index (χ2v) is 5.11. The molecule has 0 atom stereocenters. The first-order valence-electron chi connectivity index (χ1n) is 5.96. The zero-order chi connectivity index (χ0) is 14.8. The predicted octanol–water partition coefficient (Wildman–Crippen LogP) is 4.09. The van der Waals surface area contributed by atoms with Crippen molar-refractivity contribution >= 4 is 32.5 Å². The summed E-state index contributed by atoms with van der Waals surface area (Å²) in [5.74, 6) is 0.871. The molecular formula is C14H8BrN3O3. The Labute approximate surface area is 127 Å². The Kier molecular flexibility index (Phi) is 3.49. The SMILES string of the molecule is O=[N+]([O-])c1ccc2ncnc(Oc3ccc(Br)cc3)c2c1. The quantitative estimate of drug-likeness (QED) is 0.527. The second-order valence-electron chi connectivity index (χ2n) is 4.19. The number of nitro benzene ring substituents is 1. The molecule has 0 radical (unpaired) electrons. The standard InChI is InChI=1S/C14H8BrN3O3/c15-9-1-4-11(5-2-9)21-14-12-7-10(18(19)20)3-6-13(12)16-8-17-14/h1-8H. The summed E-state index contributed by atoms with van der Waals surface area (Å²) < 4.78 is 6.62. The van der Waals surface area contributed by atoms with E-state index in [1.165, 1.54) is 18.5 Å². The van der Waals surface area contributed by atoms with Crippen molar-refractivity contribution in [2.75, 3.05) is 0 Å². The zero-order valence-corrected chi connectivity index (χ0v) is 12.1. The number of nitrogens with zero attached hydrogens (tertiary/aromatic N) is 3. The molecule has 0 amide bonds. The van der Waals surface area contributed by atoms with E-state index < -0.39 is 4.92 Å².